The molecule has 0 unspecified atom stereocenters. The van der Waals surface area contributed by atoms with Crippen LogP contribution in [0.2, 0.25) is 5.02 Å². The second-order valence-electron chi connectivity index (χ2n) is 4.06. The molecule has 5 nitrogen and oxygen atoms in total. The molecule has 0 atom stereocenters. The lowest BCUT2D eigenvalue weighted by atomic mass is 10.2. The third-order valence-corrected chi connectivity index (χ3v) is 5.01. The van der Waals surface area contributed by atoms with Crippen LogP contribution in [-0.2, 0) is 10.0 Å². The van der Waals surface area contributed by atoms with Gasteiger partial charge >= 0.3 is 5.97 Å². The number of carbonyl (C=O) groups is 1. The predicted octanol–water partition coefficient (Wildman–Crippen LogP) is 3.44. The lowest BCUT2D eigenvalue weighted by Crippen LogP contribution is -2.13. The van der Waals surface area contributed by atoms with E-state index in [1.807, 2.05) is 0 Å². The summed E-state index contributed by atoms with van der Waals surface area (Å²) in [6.07, 6.45) is 0. The summed E-state index contributed by atoms with van der Waals surface area (Å²) in [5.41, 5.74) is -0.0326. The Balaban J connectivity index is 2.38. The van der Waals surface area contributed by atoms with Crippen LogP contribution >= 0.6 is 34.2 Å². The molecule has 2 rings (SSSR count). The van der Waals surface area contributed by atoms with E-state index in [1.54, 1.807) is 12.1 Å². The maximum absolute atomic E-state index is 12.2. The molecule has 2 aromatic carbocycles. The molecule has 0 aliphatic heterocycles. The molecule has 0 aliphatic rings. The van der Waals surface area contributed by atoms with Gasteiger partial charge in [0.15, 0.2) is 0 Å². The average molecular weight is 438 g/mol. The molecule has 0 fully saturated rings. The highest BCUT2D eigenvalue weighted by Crippen LogP contribution is 2.26. The first-order valence-electron chi connectivity index (χ1n) is 5.61. The van der Waals surface area contributed by atoms with Gasteiger partial charge in [0.2, 0.25) is 0 Å². The summed E-state index contributed by atoms with van der Waals surface area (Å²) in [7, 11) is -3.83. The van der Waals surface area contributed by atoms with Crippen LogP contribution in [0.5, 0.6) is 0 Å². The maximum atomic E-state index is 12.2. The monoisotopic (exact) mass is 437 g/mol. The van der Waals surface area contributed by atoms with Crippen molar-refractivity contribution in [2.24, 2.45) is 0 Å². The lowest BCUT2D eigenvalue weighted by Gasteiger charge is -2.10. The van der Waals surface area contributed by atoms with E-state index in [1.165, 1.54) is 30.3 Å². The van der Waals surface area contributed by atoms with E-state index in [0.717, 1.165) is 3.57 Å². The molecule has 0 saturated heterocycles. The first-order chi connectivity index (χ1) is 9.79. The first-order valence-corrected chi connectivity index (χ1v) is 8.55. The topological polar surface area (TPSA) is 83.5 Å². The summed E-state index contributed by atoms with van der Waals surface area (Å²) < 4.78 is 27.6. The Morgan fingerprint density at radius 2 is 1.76 bits per heavy atom. The zero-order valence-electron chi connectivity index (χ0n) is 10.4. The van der Waals surface area contributed by atoms with E-state index in [0.29, 0.717) is 0 Å². The van der Waals surface area contributed by atoms with E-state index in [4.69, 9.17) is 16.7 Å². The lowest BCUT2D eigenvalue weighted by molar-refractivity contribution is 0.0697. The van der Waals surface area contributed by atoms with Gasteiger partial charge in [0, 0.05) is 3.57 Å². The predicted molar refractivity (Wildman–Crippen MR) is 88.4 cm³/mol. The highest BCUT2D eigenvalue weighted by atomic mass is 127. The van der Waals surface area contributed by atoms with Crippen molar-refractivity contribution in [2.45, 2.75) is 4.90 Å². The number of hydrogen-bond donors (Lipinski definition) is 2. The molecule has 0 radical (unpaired) electrons. The van der Waals surface area contributed by atoms with E-state index in [-0.39, 0.29) is 21.2 Å². The summed E-state index contributed by atoms with van der Waals surface area (Å²) in [5.74, 6) is -1.17. The van der Waals surface area contributed by atoms with Gasteiger partial charge < -0.3 is 5.11 Å². The molecule has 110 valence electrons. The smallest absolute Gasteiger partial charge is 0.335 e. The van der Waals surface area contributed by atoms with Crippen molar-refractivity contribution in [3.05, 3.63) is 56.6 Å². The number of rotatable bonds is 4. The van der Waals surface area contributed by atoms with E-state index in [9.17, 15) is 13.2 Å². The number of carboxylic acid groups (broad SMARTS) is 1. The van der Waals surface area contributed by atoms with Crippen molar-refractivity contribution < 1.29 is 18.3 Å². The number of halogens is 2. The molecule has 8 heteroatoms. The van der Waals surface area contributed by atoms with Crippen LogP contribution in [0.15, 0.2) is 47.4 Å². The van der Waals surface area contributed by atoms with Crippen molar-refractivity contribution in [1.29, 1.82) is 0 Å². The van der Waals surface area contributed by atoms with Gasteiger partial charge in [-0.25, -0.2) is 13.2 Å². The number of carboxylic acids is 1. The third-order valence-electron chi connectivity index (χ3n) is 2.58. The van der Waals surface area contributed by atoms with Gasteiger partial charge in [0.1, 0.15) is 0 Å². The molecular formula is C13H9ClINO4S. The number of benzene rings is 2. The first kappa shape index (κ1) is 16.1. The number of anilines is 1. The Bertz CT molecular complexity index is 790. The molecule has 0 aromatic heterocycles. The van der Waals surface area contributed by atoms with Crippen molar-refractivity contribution in [3.8, 4) is 0 Å². The van der Waals surface area contributed by atoms with Crippen LogP contribution in [0, 0.1) is 3.57 Å². The Kier molecular flexibility index (Phi) is 4.74. The summed E-state index contributed by atoms with van der Waals surface area (Å²) in [4.78, 5) is 11.0. The number of hydrogen-bond acceptors (Lipinski definition) is 3. The van der Waals surface area contributed by atoms with Crippen LogP contribution < -0.4 is 4.72 Å². The van der Waals surface area contributed by atoms with Gasteiger partial charge in [-0.1, -0.05) is 11.6 Å². The van der Waals surface area contributed by atoms with Gasteiger partial charge in [0.05, 0.1) is 21.2 Å². The molecule has 21 heavy (non-hydrogen) atoms. The second kappa shape index (κ2) is 6.20. The Morgan fingerprint density at radius 1 is 1.14 bits per heavy atom. The Hall–Kier alpha value is -1.32. The maximum Gasteiger partial charge on any atom is 0.335 e. The highest BCUT2D eigenvalue weighted by molar-refractivity contribution is 14.1. The van der Waals surface area contributed by atoms with Crippen LogP contribution in [0.1, 0.15) is 10.4 Å². The van der Waals surface area contributed by atoms with E-state index >= 15 is 0 Å². The van der Waals surface area contributed by atoms with E-state index < -0.39 is 16.0 Å². The Morgan fingerprint density at radius 3 is 2.33 bits per heavy atom. The largest absolute Gasteiger partial charge is 0.478 e. The van der Waals surface area contributed by atoms with Crippen LogP contribution in [0.3, 0.4) is 0 Å². The molecule has 0 heterocycles. The molecule has 0 spiro atoms. The van der Waals surface area contributed by atoms with Gasteiger partial charge in [-0.15, -0.1) is 0 Å². The van der Waals surface area contributed by atoms with Gasteiger partial charge in [-0.3, -0.25) is 4.72 Å². The normalized spacial score (nSPS) is 11.1. The quantitative estimate of drug-likeness (QED) is 0.718. The van der Waals surface area contributed by atoms with Gasteiger partial charge in [-0.2, -0.15) is 0 Å². The van der Waals surface area contributed by atoms with Crippen molar-refractivity contribution >= 4 is 55.9 Å². The molecular weight excluding hydrogens is 429 g/mol. The number of nitrogens with one attached hydrogen (secondary N) is 1. The number of sulfonamides is 1. The standard InChI is InChI=1S/C13H9ClINO4S/c14-11-6-1-8(13(17)18)7-12(11)16-21(19,20)10-4-2-9(15)3-5-10/h1-7,16H,(H,17,18). The van der Waals surface area contributed by atoms with E-state index in [2.05, 4.69) is 27.3 Å². The van der Waals surface area contributed by atoms with Crippen LogP contribution in [0.4, 0.5) is 5.69 Å². The summed E-state index contributed by atoms with van der Waals surface area (Å²) in [6, 6.07) is 10.0. The van der Waals surface area contributed by atoms with Gasteiger partial charge in [0.25, 0.3) is 10.0 Å². The van der Waals surface area contributed by atoms with Crippen LogP contribution in [0.25, 0.3) is 0 Å². The Labute approximate surface area is 140 Å². The minimum Gasteiger partial charge on any atom is -0.478 e. The molecule has 0 bridgehead atoms. The zero-order valence-corrected chi connectivity index (χ0v) is 14.1. The fraction of sp³-hybridized carbons (Fsp3) is 0. The summed E-state index contributed by atoms with van der Waals surface area (Å²) >= 11 is 7.96. The summed E-state index contributed by atoms with van der Waals surface area (Å²) in [6.45, 7) is 0. The van der Waals surface area contributed by atoms with Crippen molar-refractivity contribution in [3.63, 3.8) is 0 Å². The third kappa shape index (κ3) is 3.86. The fourth-order valence-electron chi connectivity index (χ4n) is 1.55. The minimum atomic E-state index is -3.83. The number of aromatic carboxylic acids is 1. The van der Waals surface area contributed by atoms with Gasteiger partial charge in [-0.05, 0) is 65.1 Å². The second-order valence-corrected chi connectivity index (χ2v) is 7.39. The highest BCUT2D eigenvalue weighted by Gasteiger charge is 2.17. The summed E-state index contributed by atoms with van der Waals surface area (Å²) in [5, 5.41) is 9.04. The molecule has 0 saturated carbocycles. The van der Waals surface area contributed by atoms with Crippen LogP contribution in [-0.4, -0.2) is 19.5 Å². The molecule has 0 amide bonds. The fourth-order valence-corrected chi connectivity index (χ4v) is 3.20. The average Bonchev–Trinajstić information content (AvgIpc) is 2.41. The zero-order chi connectivity index (χ0) is 15.6. The molecule has 0 aliphatic carbocycles. The SMILES string of the molecule is O=C(O)c1ccc(Cl)c(NS(=O)(=O)c2ccc(I)cc2)c1. The molecule has 2 aromatic rings. The van der Waals surface area contributed by atoms with Crippen molar-refractivity contribution in [2.75, 3.05) is 4.72 Å². The minimum absolute atomic E-state index is 0.0233. The van der Waals surface area contributed by atoms with Crippen molar-refractivity contribution in [1.82, 2.24) is 0 Å². The molecule has 2 N–H and O–H groups in total.